The second kappa shape index (κ2) is 10.7. The molecule has 3 aromatic heterocycles. The van der Waals surface area contributed by atoms with Crippen molar-refractivity contribution in [2.45, 2.75) is 24.4 Å². The quantitative estimate of drug-likeness (QED) is 0.205. The molecule has 0 aliphatic carbocycles. The fraction of sp³-hybridized carbons (Fsp3) is 0.276. The van der Waals surface area contributed by atoms with Crippen LogP contribution in [0.5, 0.6) is 11.5 Å². The molecule has 5 aromatic rings. The van der Waals surface area contributed by atoms with Crippen molar-refractivity contribution in [3.8, 4) is 33.9 Å². The fourth-order valence-corrected chi connectivity index (χ4v) is 6.45. The van der Waals surface area contributed by atoms with E-state index < -0.39 is 9.84 Å². The molecule has 0 spiro atoms. The number of sulfone groups is 1. The van der Waals surface area contributed by atoms with Gasteiger partial charge in [0.25, 0.3) is 0 Å². The summed E-state index contributed by atoms with van der Waals surface area (Å²) in [6.45, 7) is 2.03. The number of anilines is 1. The zero-order chi connectivity index (χ0) is 28.9. The Labute approximate surface area is 247 Å². The van der Waals surface area contributed by atoms with Crippen LogP contribution < -0.4 is 14.4 Å². The van der Waals surface area contributed by atoms with Gasteiger partial charge in [0.15, 0.2) is 5.65 Å². The van der Waals surface area contributed by atoms with E-state index in [4.69, 9.17) is 37.7 Å². The molecule has 0 bridgehead atoms. The molecule has 0 N–H and O–H groups in total. The van der Waals surface area contributed by atoms with E-state index in [9.17, 15) is 8.42 Å². The van der Waals surface area contributed by atoms with Crippen LogP contribution in [0.3, 0.4) is 0 Å². The SMILES string of the molecule is COc1cc(OC)c(Cl)c(-c2cc3cnc(S(C)(=O)=O)nc3n3cc(-c4cccc(N5CCCCC5)c4)nc23)c1Cl. The monoisotopic (exact) mass is 611 g/mol. The van der Waals surface area contributed by atoms with Gasteiger partial charge in [0, 0.05) is 65.6 Å². The van der Waals surface area contributed by atoms with Crippen LogP contribution in [-0.2, 0) is 9.84 Å². The summed E-state index contributed by atoms with van der Waals surface area (Å²) in [4.78, 5) is 15.9. The first-order valence-electron chi connectivity index (χ1n) is 13.0. The maximum absolute atomic E-state index is 12.3. The lowest BCUT2D eigenvalue weighted by Crippen LogP contribution is -2.29. The average molecular weight is 613 g/mol. The number of fused-ring (bicyclic) bond motifs is 3. The fourth-order valence-electron chi connectivity index (χ4n) is 5.25. The average Bonchev–Trinajstić information content (AvgIpc) is 3.43. The van der Waals surface area contributed by atoms with Crippen molar-refractivity contribution >= 4 is 55.4 Å². The molecule has 2 aromatic carbocycles. The molecule has 6 rings (SSSR count). The number of benzene rings is 2. The van der Waals surface area contributed by atoms with Crippen molar-refractivity contribution in [3.05, 3.63) is 58.8 Å². The predicted octanol–water partition coefficient (Wildman–Crippen LogP) is 6.33. The number of nitrogens with zero attached hydrogens (tertiary/aromatic N) is 5. The molecule has 4 heterocycles. The summed E-state index contributed by atoms with van der Waals surface area (Å²) >= 11 is 13.7. The van der Waals surface area contributed by atoms with E-state index in [1.165, 1.54) is 39.7 Å². The molecule has 0 unspecified atom stereocenters. The van der Waals surface area contributed by atoms with E-state index in [0.717, 1.165) is 30.6 Å². The van der Waals surface area contributed by atoms with Gasteiger partial charge in [0.1, 0.15) is 17.1 Å². The van der Waals surface area contributed by atoms with E-state index in [1.807, 2.05) is 18.3 Å². The number of pyridine rings is 1. The summed E-state index contributed by atoms with van der Waals surface area (Å²) in [5.41, 5.74) is 4.63. The number of piperidine rings is 1. The first-order chi connectivity index (χ1) is 19.7. The van der Waals surface area contributed by atoms with Crippen LogP contribution in [0, 0.1) is 0 Å². The Morgan fingerprint density at radius 2 is 1.61 bits per heavy atom. The summed E-state index contributed by atoms with van der Waals surface area (Å²) < 4.78 is 37.4. The number of hydrogen-bond donors (Lipinski definition) is 0. The number of rotatable bonds is 6. The van der Waals surface area contributed by atoms with Crippen LogP contribution in [0.2, 0.25) is 10.0 Å². The van der Waals surface area contributed by atoms with E-state index in [1.54, 1.807) is 16.5 Å². The standard InChI is InChI=1S/C29H27Cl2N5O4S/c1-39-22-14-23(40-2)26(31)24(25(22)30)20-13-18-15-32-29(41(3,37)38)34-27(18)36-16-21(33-28(20)36)17-8-7-9-19(12-17)35-10-5-4-6-11-35/h7-9,12-16H,4-6,10-11H2,1-3H3. The minimum Gasteiger partial charge on any atom is -0.495 e. The van der Waals surface area contributed by atoms with Gasteiger partial charge < -0.3 is 14.4 Å². The van der Waals surface area contributed by atoms with E-state index in [0.29, 0.717) is 45.0 Å². The lowest BCUT2D eigenvalue weighted by molar-refractivity contribution is 0.395. The highest BCUT2D eigenvalue weighted by molar-refractivity contribution is 7.90. The number of hydrogen-bond acceptors (Lipinski definition) is 8. The second-order valence-corrected chi connectivity index (χ2v) is 12.6. The lowest BCUT2D eigenvalue weighted by atomic mass is 10.0. The number of methoxy groups -OCH3 is 2. The van der Waals surface area contributed by atoms with E-state index >= 15 is 0 Å². The molecule has 41 heavy (non-hydrogen) atoms. The van der Waals surface area contributed by atoms with Crippen molar-refractivity contribution in [2.75, 3.05) is 38.5 Å². The number of aromatic nitrogens is 4. The Bertz CT molecular complexity index is 1890. The Morgan fingerprint density at radius 1 is 0.902 bits per heavy atom. The molecule has 1 saturated heterocycles. The molecule has 12 heteroatoms. The van der Waals surface area contributed by atoms with Crippen molar-refractivity contribution < 1.29 is 17.9 Å². The highest BCUT2D eigenvalue weighted by Gasteiger charge is 2.24. The number of ether oxygens (including phenoxy) is 2. The van der Waals surface area contributed by atoms with Gasteiger partial charge in [0.05, 0.1) is 30.0 Å². The lowest BCUT2D eigenvalue weighted by Gasteiger charge is -2.29. The molecule has 9 nitrogen and oxygen atoms in total. The predicted molar refractivity (Wildman–Crippen MR) is 161 cm³/mol. The Balaban J connectivity index is 1.64. The maximum Gasteiger partial charge on any atom is 0.248 e. The molecular formula is C29H27Cl2N5O4S. The van der Waals surface area contributed by atoms with Gasteiger partial charge >= 0.3 is 0 Å². The summed E-state index contributed by atoms with van der Waals surface area (Å²) in [5, 5.41) is 0.857. The number of imidazole rings is 1. The summed E-state index contributed by atoms with van der Waals surface area (Å²) in [7, 11) is -0.633. The van der Waals surface area contributed by atoms with Gasteiger partial charge in [-0.05, 0) is 37.5 Å². The smallest absolute Gasteiger partial charge is 0.248 e. The third-order valence-corrected chi connectivity index (χ3v) is 8.90. The summed E-state index contributed by atoms with van der Waals surface area (Å²) in [6, 6.07) is 11.7. The molecule has 1 aliphatic rings. The van der Waals surface area contributed by atoms with Crippen LogP contribution in [0.25, 0.3) is 39.1 Å². The largest absolute Gasteiger partial charge is 0.495 e. The van der Waals surface area contributed by atoms with Gasteiger partial charge in [-0.3, -0.25) is 4.40 Å². The van der Waals surface area contributed by atoms with Crippen molar-refractivity contribution in [3.63, 3.8) is 0 Å². The zero-order valence-corrected chi connectivity index (χ0v) is 25.0. The van der Waals surface area contributed by atoms with Crippen LogP contribution in [0.4, 0.5) is 5.69 Å². The summed E-state index contributed by atoms with van der Waals surface area (Å²) in [5.74, 6) is 0.761. The van der Waals surface area contributed by atoms with E-state index in [-0.39, 0.29) is 15.2 Å². The van der Waals surface area contributed by atoms with Crippen molar-refractivity contribution in [1.82, 2.24) is 19.4 Å². The van der Waals surface area contributed by atoms with Crippen molar-refractivity contribution in [1.29, 1.82) is 0 Å². The van der Waals surface area contributed by atoms with Gasteiger partial charge in [-0.25, -0.2) is 18.4 Å². The molecule has 0 amide bonds. The van der Waals surface area contributed by atoms with Crippen LogP contribution in [0.1, 0.15) is 19.3 Å². The van der Waals surface area contributed by atoms with Gasteiger partial charge in [-0.15, -0.1) is 0 Å². The van der Waals surface area contributed by atoms with Gasteiger partial charge in [-0.1, -0.05) is 35.3 Å². The van der Waals surface area contributed by atoms with E-state index in [2.05, 4.69) is 27.0 Å². The first-order valence-corrected chi connectivity index (χ1v) is 15.7. The molecule has 1 fully saturated rings. The van der Waals surface area contributed by atoms with Crippen molar-refractivity contribution in [2.24, 2.45) is 0 Å². The normalized spacial score (nSPS) is 14.1. The Hall–Kier alpha value is -3.60. The Kier molecular flexibility index (Phi) is 7.17. The second-order valence-electron chi connectivity index (χ2n) is 9.96. The third-order valence-electron chi connectivity index (χ3n) is 7.29. The first kappa shape index (κ1) is 27.6. The zero-order valence-electron chi connectivity index (χ0n) is 22.7. The van der Waals surface area contributed by atoms with Gasteiger partial charge in [0.2, 0.25) is 15.0 Å². The Morgan fingerprint density at radius 3 is 2.27 bits per heavy atom. The number of halogens is 2. The minimum atomic E-state index is -3.66. The molecule has 212 valence electrons. The molecule has 0 saturated carbocycles. The molecule has 0 atom stereocenters. The maximum atomic E-state index is 12.3. The highest BCUT2D eigenvalue weighted by atomic mass is 35.5. The van der Waals surface area contributed by atoms with Crippen LogP contribution >= 0.6 is 23.2 Å². The molecule has 1 aliphatic heterocycles. The highest BCUT2D eigenvalue weighted by Crippen LogP contribution is 2.47. The third kappa shape index (κ3) is 4.94. The topological polar surface area (TPSA) is 98.9 Å². The summed E-state index contributed by atoms with van der Waals surface area (Å²) in [6.07, 6.45) is 7.97. The minimum absolute atomic E-state index is 0.277. The van der Waals surface area contributed by atoms with Crippen LogP contribution in [-0.4, -0.2) is 61.3 Å². The molecule has 0 radical (unpaired) electrons. The van der Waals surface area contributed by atoms with Gasteiger partial charge in [-0.2, -0.15) is 4.98 Å². The molecular weight excluding hydrogens is 585 g/mol. The van der Waals surface area contributed by atoms with Crippen LogP contribution in [0.15, 0.2) is 53.9 Å².